The van der Waals surface area contributed by atoms with E-state index in [9.17, 15) is 4.79 Å². The molecule has 0 heterocycles. The lowest BCUT2D eigenvalue weighted by atomic mass is 9.77. The number of benzene rings is 1. The van der Waals surface area contributed by atoms with Gasteiger partial charge in [-0.15, -0.1) is 0 Å². The highest BCUT2D eigenvalue weighted by Gasteiger charge is 2.41. The van der Waals surface area contributed by atoms with E-state index in [-0.39, 0.29) is 11.3 Å². The van der Waals surface area contributed by atoms with E-state index in [0.29, 0.717) is 10.9 Å². The Hall–Kier alpha value is -0.290. The van der Waals surface area contributed by atoms with Crippen molar-refractivity contribution in [3.05, 3.63) is 26.8 Å². The number of hydrogen-bond acceptors (Lipinski definition) is 1. The molecule has 0 spiro atoms. The third-order valence-corrected chi connectivity index (χ3v) is 5.00. The molecule has 4 heteroatoms. The van der Waals surface area contributed by atoms with Gasteiger partial charge in [0.2, 0.25) is 5.91 Å². The zero-order valence-corrected chi connectivity index (χ0v) is 14.9. The summed E-state index contributed by atoms with van der Waals surface area (Å²) in [5.74, 6) is 0.679. The number of rotatable bonds is 4. The molecule has 1 amide bonds. The van der Waals surface area contributed by atoms with Gasteiger partial charge in [0, 0.05) is 8.99 Å². The van der Waals surface area contributed by atoms with Crippen molar-refractivity contribution in [3.63, 3.8) is 0 Å². The molecule has 1 aliphatic carbocycles. The summed E-state index contributed by atoms with van der Waals surface area (Å²) in [4.78, 5) is 12.7. The van der Waals surface area contributed by atoms with Crippen LogP contribution in [0.15, 0.2) is 18.2 Å². The zero-order valence-electron chi connectivity index (χ0n) is 12.0. The Labute approximate surface area is 139 Å². The summed E-state index contributed by atoms with van der Waals surface area (Å²) in [6.07, 6.45) is 5.26. The summed E-state index contributed by atoms with van der Waals surface area (Å²) in [5.41, 5.74) is 0.535. The molecule has 1 fully saturated rings. The normalized spacial score (nSPS) is 17.4. The lowest BCUT2D eigenvalue weighted by molar-refractivity contribution is -0.126. The quantitative estimate of drug-likeness (QED) is 0.659. The molecule has 0 radical (unpaired) electrons. The highest BCUT2D eigenvalue weighted by Crippen LogP contribution is 2.44. The topological polar surface area (TPSA) is 29.1 Å². The third kappa shape index (κ3) is 3.67. The molecule has 1 aliphatic rings. The van der Waals surface area contributed by atoms with Gasteiger partial charge in [-0.25, -0.2) is 0 Å². The number of amides is 1. The predicted octanol–water partition coefficient (Wildman–Crippen LogP) is 5.49. The summed E-state index contributed by atoms with van der Waals surface area (Å²) in [6.45, 7) is 4.37. The summed E-state index contributed by atoms with van der Waals surface area (Å²) < 4.78 is 1.07. The number of carbonyl (C=O) groups excluding carboxylic acids is 1. The molecule has 2 nitrogen and oxygen atoms in total. The van der Waals surface area contributed by atoms with Crippen LogP contribution >= 0.6 is 34.2 Å². The minimum Gasteiger partial charge on any atom is -0.324 e. The Bertz CT molecular complexity index is 495. The average Bonchev–Trinajstić information content (AvgIpc) is 2.81. The van der Waals surface area contributed by atoms with Crippen LogP contribution in [-0.4, -0.2) is 5.91 Å². The Kier molecular flexibility index (Phi) is 5.35. The van der Waals surface area contributed by atoms with Crippen molar-refractivity contribution in [2.24, 2.45) is 11.3 Å². The van der Waals surface area contributed by atoms with Crippen LogP contribution in [0.3, 0.4) is 0 Å². The van der Waals surface area contributed by atoms with E-state index in [1.165, 1.54) is 0 Å². The van der Waals surface area contributed by atoms with Gasteiger partial charge in [0.1, 0.15) is 0 Å². The van der Waals surface area contributed by atoms with Crippen molar-refractivity contribution < 1.29 is 4.79 Å². The standard InChI is InChI=1S/C16H21ClINO/c1-11(2)10-16(7-3-4-8-16)15(20)19-14-6-5-12(18)9-13(14)17/h5-6,9,11H,3-4,7-8,10H2,1-2H3,(H,19,20). The number of halogens is 2. The molecule has 1 N–H and O–H groups in total. The Morgan fingerprint density at radius 2 is 2.05 bits per heavy atom. The highest BCUT2D eigenvalue weighted by molar-refractivity contribution is 14.1. The van der Waals surface area contributed by atoms with Gasteiger partial charge in [0.25, 0.3) is 0 Å². The van der Waals surface area contributed by atoms with Crippen molar-refractivity contribution in [3.8, 4) is 0 Å². The first-order chi connectivity index (χ1) is 9.43. The predicted molar refractivity (Wildman–Crippen MR) is 93.2 cm³/mol. The second-order valence-electron chi connectivity index (χ2n) is 6.16. The average molecular weight is 406 g/mol. The number of nitrogens with one attached hydrogen (secondary N) is 1. The smallest absolute Gasteiger partial charge is 0.230 e. The van der Waals surface area contributed by atoms with Crippen molar-refractivity contribution in [1.29, 1.82) is 0 Å². The van der Waals surface area contributed by atoms with E-state index in [0.717, 1.165) is 41.4 Å². The van der Waals surface area contributed by atoms with E-state index in [4.69, 9.17) is 11.6 Å². The molecular weight excluding hydrogens is 385 g/mol. The monoisotopic (exact) mass is 405 g/mol. The fourth-order valence-corrected chi connectivity index (χ4v) is 4.11. The molecule has 2 rings (SSSR count). The van der Waals surface area contributed by atoms with Crippen LogP contribution in [-0.2, 0) is 4.79 Å². The molecule has 0 aromatic heterocycles. The SMILES string of the molecule is CC(C)CC1(C(=O)Nc2ccc(I)cc2Cl)CCCC1. The van der Waals surface area contributed by atoms with Gasteiger partial charge in [0.05, 0.1) is 10.7 Å². The molecule has 0 aliphatic heterocycles. The van der Waals surface area contributed by atoms with Gasteiger partial charge in [-0.1, -0.05) is 38.3 Å². The Morgan fingerprint density at radius 1 is 1.40 bits per heavy atom. The first-order valence-electron chi connectivity index (χ1n) is 7.19. The van der Waals surface area contributed by atoms with Gasteiger partial charge < -0.3 is 5.32 Å². The van der Waals surface area contributed by atoms with Crippen molar-refractivity contribution in [1.82, 2.24) is 0 Å². The fourth-order valence-electron chi connectivity index (χ4n) is 3.20. The number of hydrogen-bond donors (Lipinski definition) is 1. The third-order valence-electron chi connectivity index (χ3n) is 4.02. The molecule has 110 valence electrons. The van der Waals surface area contributed by atoms with Gasteiger partial charge in [-0.3, -0.25) is 4.79 Å². The first kappa shape index (κ1) is 16.1. The van der Waals surface area contributed by atoms with Gasteiger partial charge in [-0.2, -0.15) is 0 Å². The molecule has 0 saturated heterocycles. The van der Waals surface area contributed by atoms with Crippen LogP contribution in [0.5, 0.6) is 0 Å². The maximum Gasteiger partial charge on any atom is 0.230 e. The van der Waals surface area contributed by atoms with Crippen LogP contribution in [0.2, 0.25) is 5.02 Å². The molecule has 0 unspecified atom stereocenters. The van der Waals surface area contributed by atoms with Crippen molar-refractivity contribution >= 4 is 45.8 Å². The lowest BCUT2D eigenvalue weighted by Crippen LogP contribution is -2.35. The fraction of sp³-hybridized carbons (Fsp3) is 0.562. The van der Waals surface area contributed by atoms with E-state index in [1.807, 2.05) is 18.2 Å². The summed E-state index contributed by atoms with van der Waals surface area (Å²) in [7, 11) is 0. The van der Waals surface area contributed by atoms with Crippen LogP contribution in [0, 0.1) is 14.9 Å². The molecule has 20 heavy (non-hydrogen) atoms. The lowest BCUT2D eigenvalue weighted by Gasteiger charge is -2.29. The van der Waals surface area contributed by atoms with E-state index in [1.54, 1.807) is 0 Å². The molecule has 1 aromatic rings. The van der Waals surface area contributed by atoms with Crippen molar-refractivity contribution in [2.75, 3.05) is 5.32 Å². The van der Waals surface area contributed by atoms with Crippen LogP contribution in [0.1, 0.15) is 46.0 Å². The van der Waals surface area contributed by atoms with E-state index >= 15 is 0 Å². The largest absolute Gasteiger partial charge is 0.324 e. The minimum absolute atomic E-state index is 0.145. The van der Waals surface area contributed by atoms with Crippen LogP contribution in [0.4, 0.5) is 5.69 Å². The first-order valence-corrected chi connectivity index (χ1v) is 8.65. The van der Waals surface area contributed by atoms with Gasteiger partial charge in [0.15, 0.2) is 0 Å². The van der Waals surface area contributed by atoms with E-state index < -0.39 is 0 Å². The second kappa shape index (κ2) is 6.65. The maximum absolute atomic E-state index is 12.7. The summed E-state index contributed by atoms with van der Waals surface area (Å²) in [6, 6.07) is 5.73. The van der Waals surface area contributed by atoms with Crippen LogP contribution < -0.4 is 5.32 Å². The maximum atomic E-state index is 12.7. The molecule has 1 saturated carbocycles. The highest BCUT2D eigenvalue weighted by atomic mass is 127. The number of anilines is 1. The molecule has 0 bridgehead atoms. The molecular formula is C16H21ClINO. The van der Waals surface area contributed by atoms with Gasteiger partial charge in [-0.05, 0) is 66.0 Å². The van der Waals surface area contributed by atoms with Gasteiger partial charge >= 0.3 is 0 Å². The van der Waals surface area contributed by atoms with E-state index in [2.05, 4.69) is 41.8 Å². The minimum atomic E-state index is -0.194. The number of carbonyl (C=O) groups is 1. The van der Waals surface area contributed by atoms with Crippen LogP contribution in [0.25, 0.3) is 0 Å². The molecule has 1 aromatic carbocycles. The second-order valence-corrected chi connectivity index (χ2v) is 7.82. The zero-order chi connectivity index (χ0) is 14.8. The summed E-state index contributed by atoms with van der Waals surface area (Å²) >= 11 is 8.43. The Balaban J connectivity index is 2.16. The Morgan fingerprint density at radius 3 is 2.60 bits per heavy atom. The molecule has 0 atom stereocenters. The van der Waals surface area contributed by atoms with Crippen molar-refractivity contribution in [2.45, 2.75) is 46.0 Å². The summed E-state index contributed by atoms with van der Waals surface area (Å²) in [5, 5.41) is 3.67.